The van der Waals surface area contributed by atoms with Crippen LogP contribution in [-0.4, -0.2) is 70.7 Å². The summed E-state index contributed by atoms with van der Waals surface area (Å²) in [4.78, 5) is 22.5. The molecule has 0 aliphatic carbocycles. The molecule has 0 aromatic carbocycles. The van der Waals surface area contributed by atoms with Crippen molar-refractivity contribution < 1.29 is 4.79 Å². The van der Waals surface area contributed by atoms with Crippen LogP contribution in [-0.2, 0) is 0 Å². The van der Waals surface area contributed by atoms with Crippen molar-refractivity contribution in [2.75, 3.05) is 39.1 Å². The van der Waals surface area contributed by atoms with Crippen molar-refractivity contribution >= 4 is 17.5 Å². The Hall–Kier alpha value is -2.31. The molecule has 1 fully saturated rings. The number of aromatic nitrogens is 3. The van der Waals surface area contributed by atoms with Gasteiger partial charge in [-0.1, -0.05) is 0 Å². The molecule has 1 aliphatic rings. The summed E-state index contributed by atoms with van der Waals surface area (Å²) >= 11 is 0. The van der Waals surface area contributed by atoms with E-state index in [2.05, 4.69) is 21.0 Å². The number of nitrogens with zero attached hydrogens (tertiary/aromatic N) is 6. The Labute approximate surface area is 136 Å². The SMILES string of the molecule is Cc1cc(N2CCCC(N(C)C(=O)N(C)C)C2)n2nccc2n1. The monoisotopic (exact) mass is 316 g/mol. The molecule has 1 atom stereocenters. The third-order valence-corrected chi connectivity index (χ3v) is 4.42. The van der Waals surface area contributed by atoms with Crippen LogP contribution in [0.3, 0.4) is 0 Å². The van der Waals surface area contributed by atoms with Crippen LogP contribution in [0.25, 0.3) is 5.65 Å². The first kappa shape index (κ1) is 15.6. The molecule has 0 N–H and O–H groups in total. The molecule has 2 aromatic rings. The lowest BCUT2D eigenvalue weighted by Gasteiger charge is -2.39. The van der Waals surface area contributed by atoms with Gasteiger partial charge in [-0.25, -0.2) is 9.78 Å². The normalized spacial score (nSPS) is 18.3. The summed E-state index contributed by atoms with van der Waals surface area (Å²) in [7, 11) is 5.47. The van der Waals surface area contributed by atoms with Gasteiger partial charge in [0, 0.05) is 52.1 Å². The quantitative estimate of drug-likeness (QED) is 0.845. The highest BCUT2D eigenvalue weighted by Crippen LogP contribution is 2.23. The summed E-state index contributed by atoms with van der Waals surface area (Å²) in [5.41, 5.74) is 1.84. The summed E-state index contributed by atoms with van der Waals surface area (Å²) in [5, 5.41) is 4.39. The Morgan fingerprint density at radius 3 is 2.87 bits per heavy atom. The van der Waals surface area contributed by atoms with Gasteiger partial charge in [0.15, 0.2) is 5.65 Å². The Morgan fingerprint density at radius 1 is 1.35 bits per heavy atom. The highest BCUT2D eigenvalue weighted by molar-refractivity contribution is 5.74. The fourth-order valence-corrected chi connectivity index (χ4v) is 3.19. The number of aryl methyl sites for hydroxylation is 1. The maximum atomic E-state index is 12.2. The van der Waals surface area contributed by atoms with Gasteiger partial charge in [0.1, 0.15) is 5.82 Å². The number of anilines is 1. The molecule has 1 aliphatic heterocycles. The number of hydrogen-bond acceptors (Lipinski definition) is 4. The zero-order chi connectivity index (χ0) is 16.6. The number of piperidine rings is 1. The van der Waals surface area contributed by atoms with Crippen LogP contribution in [0.4, 0.5) is 10.6 Å². The molecule has 0 spiro atoms. The maximum absolute atomic E-state index is 12.2. The average Bonchev–Trinajstić information content (AvgIpc) is 3.00. The highest BCUT2D eigenvalue weighted by atomic mass is 16.2. The van der Waals surface area contributed by atoms with Crippen LogP contribution >= 0.6 is 0 Å². The summed E-state index contributed by atoms with van der Waals surface area (Å²) in [5.74, 6) is 1.05. The minimum atomic E-state index is 0.0481. The molecule has 3 heterocycles. The van der Waals surface area contributed by atoms with Gasteiger partial charge in [-0.05, 0) is 19.8 Å². The lowest BCUT2D eigenvalue weighted by atomic mass is 10.0. The molecule has 1 saturated heterocycles. The van der Waals surface area contributed by atoms with Crippen LogP contribution in [0.1, 0.15) is 18.5 Å². The predicted molar refractivity (Wildman–Crippen MR) is 89.8 cm³/mol. The Kier molecular flexibility index (Phi) is 4.11. The Bertz CT molecular complexity index is 710. The third kappa shape index (κ3) is 2.95. The van der Waals surface area contributed by atoms with Gasteiger partial charge in [-0.3, -0.25) is 0 Å². The minimum Gasteiger partial charge on any atom is -0.354 e. The van der Waals surface area contributed by atoms with Crippen molar-refractivity contribution in [3.05, 3.63) is 24.0 Å². The molecule has 2 amide bonds. The molecule has 7 nitrogen and oxygen atoms in total. The minimum absolute atomic E-state index is 0.0481. The number of fused-ring (bicyclic) bond motifs is 1. The number of urea groups is 1. The van der Waals surface area contributed by atoms with Crippen LogP contribution < -0.4 is 4.90 Å². The second kappa shape index (κ2) is 6.06. The predicted octanol–water partition coefficient (Wildman–Crippen LogP) is 1.62. The molecule has 124 valence electrons. The molecular formula is C16H24N6O. The van der Waals surface area contributed by atoms with Crippen LogP contribution in [0, 0.1) is 6.92 Å². The zero-order valence-electron chi connectivity index (χ0n) is 14.2. The van der Waals surface area contributed by atoms with E-state index in [1.54, 1.807) is 25.2 Å². The van der Waals surface area contributed by atoms with Crippen LogP contribution in [0.15, 0.2) is 18.3 Å². The smallest absolute Gasteiger partial charge is 0.319 e. The topological polar surface area (TPSA) is 57.0 Å². The van der Waals surface area contributed by atoms with E-state index in [-0.39, 0.29) is 12.1 Å². The largest absolute Gasteiger partial charge is 0.354 e. The van der Waals surface area contributed by atoms with Crippen molar-refractivity contribution in [3.63, 3.8) is 0 Å². The first-order valence-corrected chi connectivity index (χ1v) is 7.98. The van der Waals surface area contributed by atoms with Gasteiger partial charge >= 0.3 is 6.03 Å². The standard InChI is InChI=1S/C16H24N6O/c1-12-10-15(22-14(18-12)7-8-17-22)21-9-5-6-13(11-21)20(4)16(23)19(2)3/h7-8,10,13H,5-6,9,11H2,1-4H3. The summed E-state index contributed by atoms with van der Waals surface area (Å²) in [6.07, 6.45) is 3.85. The van der Waals surface area contributed by atoms with E-state index < -0.39 is 0 Å². The molecule has 0 radical (unpaired) electrons. The molecule has 0 saturated carbocycles. The molecular weight excluding hydrogens is 292 g/mol. The molecule has 7 heteroatoms. The second-order valence-corrected chi connectivity index (χ2v) is 6.39. The molecule has 3 rings (SSSR count). The van der Waals surface area contributed by atoms with E-state index in [1.807, 2.05) is 29.5 Å². The summed E-state index contributed by atoms with van der Waals surface area (Å²) < 4.78 is 1.88. The zero-order valence-corrected chi connectivity index (χ0v) is 14.2. The molecule has 1 unspecified atom stereocenters. The van der Waals surface area contributed by atoms with Crippen molar-refractivity contribution in [2.24, 2.45) is 0 Å². The van der Waals surface area contributed by atoms with E-state index in [1.165, 1.54) is 0 Å². The van der Waals surface area contributed by atoms with E-state index in [0.717, 1.165) is 43.1 Å². The first-order valence-electron chi connectivity index (χ1n) is 7.98. The highest BCUT2D eigenvalue weighted by Gasteiger charge is 2.28. The Morgan fingerprint density at radius 2 is 2.13 bits per heavy atom. The lowest BCUT2D eigenvalue weighted by Crippen LogP contribution is -2.51. The second-order valence-electron chi connectivity index (χ2n) is 6.39. The van der Waals surface area contributed by atoms with E-state index in [9.17, 15) is 4.79 Å². The molecule has 0 bridgehead atoms. The number of carbonyl (C=O) groups is 1. The third-order valence-electron chi connectivity index (χ3n) is 4.42. The van der Waals surface area contributed by atoms with Crippen molar-refractivity contribution in [3.8, 4) is 0 Å². The van der Waals surface area contributed by atoms with Crippen molar-refractivity contribution in [1.29, 1.82) is 0 Å². The molecule has 2 aromatic heterocycles. The van der Waals surface area contributed by atoms with Gasteiger partial charge < -0.3 is 14.7 Å². The van der Waals surface area contributed by atoms with Gasteiger partial charge in [0.25, 0.3) is 0 Å². The average molecular weight is 316 g/mol. The van der Waals surface area contributed by atoms with Crippen LogP contribution in [0.2, 0.25) is 0 Å². The summed E-state index contributed by atoms with van der Waals surface area (Å²) in [6, 6.07) is 4.24. The van der Waals surface area contributed by atoms with Gasteiger partial charge in [0.2, 0.25) is 0 Å². The number of hydrogen-bond donors (Lipinski definition) is 0. The van der Waals surface area contributed by atoms with Gasteiger partial charge in [-0.15, -0.1) is 0 Å². The van der Waals surface area contributed by atoms with Crippen molar-refractivity contribution in [2.45, 2.75) is 25.8 Å². The number of rotatable bonds is 2. The molecule has 23 heavy (non-hydrogen) atoms. The van der Waals surface area contributed by atoms with Crippen LogP contribution in [0.5, 0.6) is 0 Å². The fourth-order valence-electron chi connectivity index (χ4n) is 3.19. The Balaban J connectivity index is 1.85. The van der Waals surface area contributed by atoms with E-state index in [0.29, 0.717) is 0 Å². The van der Waals surface area contributed by atoms with E-state index in [4.69, 9.17) is 0 Å². The summed E-state index contributed by atoms with van der Waals surface area (Å²) in [6.45, 7) is 3.78. The number of amides is 2. The number of carbonyl (C=O) groups excluding carboxylic acids is 1. The van der Waals surface area contributed by atoms with E-state index >= 15 is 0 Å². The number of likely N-dealkylation sites (N-methyl/N-ethyl adjacent to an activating group) is 1. The fraction of sp³-hybridized carbons (Fsp3) is 0.562. The van der Waals surface area contributed by atoms with Crippen molar-refractivity contribution in [1.82, 2.24) is 24.4 Å². The first-order chi connectivity index (χ1) is 11.0. The lowest BCUT2D eigenvalue weighted by molar-refractivity contribution is 0.157. The van der Waals surface area contributed by atoms with Gasteiger partial charge in [0.05, 0.1) is 12.2 Å². The van der Waals surface area contributed by atoms with Gasteiger partial charge in [-0.2, -0.15) is 9.61 Å². The maximum Gasteiger partial charge on any atom is 0.319 e.